The average Bonchev–Trinajstić information content (AvgIpc) is 2.29. The maximum Gasteiger partial charge on any atom is 0.237 e. The highest BCUT2D eigenvalue weighted by Crippen LogP contribution is 2.15. The van der Waals surface area contributed by atoms with E-state index in [1.807, 2.05) is 6.92 Å². The first-order chi connectivity index (χ1) is 7.65. The molecule has 4 nitrogen and oxygen atoms in total. The largest absolute Gasteiger partial charge is 0.354 e. The molecule has 16 heavy (non-hydrogen) atoms. The summed E-state index contributed by atoms with van der Waals surface area (Å²) < 4.78 is 11.2. The zero-order valence-corrected chi connectivity index (χ0v) is 10.9. The molecule has 0 radical (unpaired) electrons. The van der Waals surface area contributed by atoms with Crippen LogP contribution < -0.4 is 10.6 Å². The van der Waals surface area contributed by atoms with E-state index in [2.05, 4.69) is 17.6 Å². The van der Waals surface area contributed by atoms with Gasteiger partial charge in [-0.25, -0.2) is 0 Å². The lowest BCUT2D eigenvalue weighted by Crippen LogP contribution is -2.51. The second-order valence-corrected chi connectivity index (χ2v) is 6.14. The number of piperidine rings is 1. The van der Waals surface area contributed by atoms with Crippen LogP contribution in [-0.4, -0.2) is 40.8 Å². The van der Waals surface area contributed by atoms with Crippen molar-refractivity contribution in [2.45, 2.75) is 32.7 Å². The second kappa shape index (κ2) is 7.01. The number of carbonyl (C=O) groups is 1. The van der Waals surface area contributed by atoms with E-state index in [0.717, 1.165) is 19.4 Å². The van der Waals surface area contributed by atoms with E-state index in [0.29, 0.717) is 24.0 Å². The molecule has 0 aromatic heterocycles. The zero-order valence-electron chi connectivity index (χ0n) is 10.1. The first-order valence-corrected chi connectivity index (χ1v) is 7.50. The average molecular weight is 246 g/mol. The highest BCUT2D eigenvalue weighted by molar-refractivity contribution is 7.84. The molecule has 94 valence electrons. The predicted molar refractivity (Wildman–Crippen MR) is 66.7 cm³/mol. The van der Waals surface area contributed by atoms with E-state index in [1.165, 1.54) is 0 Å². The van der Waals surface area contributed by atoms with Gasteiger partial charge in [-0.3, -0.25) is 9.00 Å². The van der Waals surface area contributed by atoms with E-state index < -0.39 is 10.8 Å². The van der Waals surface area contributed by atoms with Crippen LogP contribution in [0.5, 0.6) is 0 Å². The zero-order chi connectivity index (χ0) is 12.0. The Kier molecular flexibility index (Phi) is 5.98. The molecule has 1 saturated heterocycles. The molecule has 0 bridgehead atoms. The molecule has 1 amide bonds. The molecule has 5 heteroatoms. The summed E-state index contributed by atoms with van der Waals surface area (Å²) in [5.41, 5.74) is 0. The van der Waals surface area contributed by atoms with Crippen molar-refractivity contribution in [1.82, 2.24) is 10.6 Å². The fraction of sp³-hybridized carbons (Fsp3) is 0.909. The summed E-state index contributed by atoms with van der Waals surface area (Å²) in [7, 11) is -0.792. The Morgan fingerprint density at radius 3 is 2.94 bits per heavy atom. The summed E-state index contributed by atoms with van der Waals surface area (Å²) in [6.45, 7) is 5.43. The molecule has 0 saturated carbocycles. The van der Waals surface area contributed by atoms with Crippen LogP contribution in [0.1, 0.15) is 26.7 Å². The summed E-state index contributed by atoms with van der Waals surface area (Å²) in [5.74, 6) is 1.67. The standard InChI is InChI=1S/C11H22N2O2S/c1-3-16(15)8-7-13-11(14)10-9(2)5-4-6-12-10/h9-10,12H,3-8H2,1-2H3,(H,13,14). The maximum absolute atomic E-state index is 11.8. The third-order valence-electron chi connectivity index (χ3n) is 3.00. The Balaban J connectivity index is 2.25. The van der Waals surface area contributed by atoms with E-state index >= 15 is 0 Å². The smallest absolute Gasteiger partial charge is 0.237 e. The Hall–Kier alpha value is -0.420. The predicted octanol–water partition coefficient (Wildman–Crippen LogP) is 0.259. The van der Waals surface area contributed by atoms with Crippen molar-refractivity contribution in [3.05, 3.63) is 0 Å². The lowest BCUT2D eigenvalue weighted by molar-refractivity contribution is -0.124. The minimum atomic E-state index is -0.792. The van der Waals surface area contributed by atoms with Crippen molar-refractivity contribution >= 4 is 16.7 Å². The van der Waals surface area contributed by atoms with Crippen molar-refractivity contribution in [3.8, 4) is 0 Å². The van der Waals surface area contributed by atoms with Gasteiger partial charge in [0.05, 0.1) is 6.04 Å². The van der Waals surface area contributed by atoms with Crippen LogP contribution in [0.3, 0.4) is 0 Å². The van der Waals surface area contributed by atoms with Crippen LogP contribution >= 0.6 is 0 Å². The molecule has 1 rings (SSSR count). The van der Waals surface area contributed by atoms with Gasteiger partial charge in [-0.15, -0.1) is 0 Å². The minimum Gasteiger partial charge on any atom is -0.354 e. The summed E-state index contributed by atoms with van der Waals surface area (Å²) in [4.78, 5) is 11.8. The molecule has 0 aromatic rings. The van der Waals surface area contributed by atoms with Crippen molar-refractivity contribution in [3.63, 3.8) is 0 Å². The summed E-state index contributed by atoms with van der Waals surface area (Å²) in [5, 5.41) is 6.09. The highest BCUT2D eigenvalue weighted by atomic mass is 32.2. The molecular weight excluding hydrogens is 224 g/mol. The lowest BCUT2D eigenvalue weighted by Gasteiger charge is -2.28. The van der Waals surface area contributed by atoms with Crippen LogP contribution in [0.2, 0.25) is 0 Å². The van der Waals surface area contributed by atoms with Gasteiger partial charge in [0.25, 0.3) is 0 Å². The monoisotopic (exact) mass is 246 g/mol. The van der Waals surface area contributed by atoms with Crippen molar-refractivity contribution in [1.29, 1.82) is 0 Å². The van der Waals surface area contributed by atoms with Gasteiger partial charge < -0.3 is 10.6 Å². The van der Waals surface area contributed by atoms with E-state index in [4.69, 9.17) is 0 Å². The summed E-state index contributed by atoms with van der Waals surface area (Å²) in [6.07, 6.45) is 2.25. The topological polar surface area (TPSA) is 58.2 Å². The van der Waals surface area contributed by atoms with E-state index in [-0.39, 0.29) is 11.9 Å². The van der Waals surface area contributed by atoms with Gasteiger partial charge in [-0.2, -0.15) is 0 Å². The Labute approximate surface area is 100 Å². The number of nitrogens with one attached hydrogen (secondary N) is 2. The summed E-state index contributed by atoms with van der Waals surface area (Å²) in [6, 6.07) is -0.0659. The van der Waals surface area contributed by atoms with Crippen LogP contribution in [0.25, 0.3) is 0 Å². The quantitative estimate of drug-likeness (QED) is 0.731. The van der Waals surface area contributed by atoms with Crippen molar-refractivity contribution in [2.24, 2.45) is 5.92 Å². The van der Waals surface area contributed by atoms with Crippen LogP contribution in [0.15, 0.2) is 0 Å². The van der Waals surface area contributed by atoms with E-state index in [1.54, 1.807) is 0 Å². The SMILES string of the molecule is CCS(=O)CCNC(=O)C1NCCCC1C. The number of rotatable bonds is 5. The van der Waals surface area contributed by atoms with Crippen LogP contribution in [0, 0.1) is 5.92 Å². The van der Waals surface area contributed by atoms with Gasteiger partial charge in [0.1, 0.15) is 0 Å². The second-order valence-electron chi connectivity index (χ2n) is 4.27. The molecule has 2 N–H and O–H groups in total. The normalized spacial score (nSPS) is 27.4. The van der Waals surface area contributed by atoms with Gasteiger partial charge in [-0.05, 0) is 25.3 Å². The maximum atomic E-state index is 11.8. The molecule has 0 aromatic carbocycles. The first kappa shape index (κ1) is 13.6. The molecule has 1 heterocycles. The van der Waals surface area contributed by atoms with Gasteiger partial charge in [0.2, 0.25) is 5.91 Å². The third kappa shape index (κ3) is 4.22. The molecular formula is C11H22N2O2S. The molecule has 1 aliphatic heterocycles. The van der Waals surface area contributed by atoms with Crippen LogP contribution in [-0.2, 0) is 15.6 Å². The summed E-state index contributed by atoms with van der Waals surface area (Å²) >= 11 is 0. The Morgan fingerprint density at radius 2 is 2.31 bits per heavy atom. The first-order valence-electron chi connectivity index (χ1n) is 6.01. The number of hydrogen-bond acceptors (Lipinski definition) is 3. The molecule has 1 aliphatic rings. The Bertz CT molecular complexity index is 258. The van der Waals surface area contributed by atoms with Gasteiger partial charge in [-0.1, -0.05) is 13.8 Å². The van der Waals surface area contributed by atoms with Crippen molar-refractivity contribution < 1.29 is 9.00 Å². The fourth-order valence-electron chi connectivity index (χ4n) is 1.94. The van der Waals surface area contributed by atoms with Gasteiger partial charge in [0, 0.05) is 28.9 Å². The minimum absolute atomic E-state index is 0.0558. The van der Waals surface area contributed by atoms with Gasteiger partial charge in [0.15, 0.2) is 0 Å². The van der Waals surface area contributed by atoms with E-state index in [9.17, 15) is 9.00 Å². The van der Waals surface area contributed by atoms with Crippen molar-refractivity contribution in [2.75, 3.05) is 24.6 Å². The molecule has 1 fully saturated rings. The fourth-order valence-corrected chi connectivity index (χ4v) is 2.56. The molecule has 0 spiro atoms. The van der Waals surface area contributed by atoms with Crippen LogP contribution in [0.4, 0.5) is 0 Å². The molecule has 3 atom stereocenters. The molecule has 0 aliphatic carbocycles. The molecule has 3 unspecified atom stereocenters. The van der Waals surface area contributed by atoms with Gasteiger partial charge >= 0.3 is 0 Å². The third-order valence-corrected chi connectivity index (χ3v) is 4.31. The Morgan fingerprint density at radius 1 is 1.56 bits per heavy atom. The number of carbonyl (C=O) groups excluding carboxylic acids is 1. The highest BCUT2D eigenvalue weighted by Gasteiger charge is 2.26. The number of hydrogen-bond donors (Lipinski definition) is 2. The lowest BCUT2D eigenvalue weighted by atomic mass is 9.92. The number of amides is 1.